The van der Waals surface area contributed by atoms with Crippen molar-refractivity contribution in [2.75, 3.05) is 26.2 Å². The maximum atomic E-state index is 11.9. The molecule has 0 aromatic rings. The van der Waals surface area contributed by atoms with Crippen LogP contribution in [0.4, 0.5) is 0 Å². The lowest BCUT2D eigenvalue weighted by molar-refractivity contribution is -0.122. The van der Waals surface area contributed by atoms with E-state index in [4.69, 9.17) is 0 Å². The molecule has 0 aromatic carbocycles. The van der Waals surface area contributed by atoms with Gasteiger partial charge in [-0.25, -0.2) is 0 Å². The number of carbonyl (C=O) groups excluding carboxylic acids is 1. The molecule has 0 bridgehead atoms. The molecule has 0 spiro atoms. The van der Waals surface area contributed by atoms with Gasteiger partial charge in [0.15, 0.2) is 0 Å². The molecule has 4 nitrogen and oxygen atoms in total. The lowest BCUT2D eigenvalue weighted by Crippen LogP contribution is -2.44. The van der Waals surface area contributed by atoms with Gasteiger partial charge >= 0.3 is 0 Å². The molecule has 1 rings (SSSR count). The van der Waals surface area contributed by atoms with Crippen molar-refractivity contribution >= 4 is 5.91 Å². The summed E-state index contributed by atoms with van der Waals surface area (Å²) >= 11 is 0. The number of hydrogen-bond acceptors (Lipinski definition) is 3. The van der Waals surface area contributed by atoms with Crippen molar-refractivity contribution in [3.05, 3.63) is 11.6 Å². The Labute approximate surface area is 123 Å². The molecule has 1 amide bonds. The number of carbonyl (C=O) groups is 1. The van der Waals surface area contributed by atoms with Crippen molar-refractivity contribution in [2.45, 2.75) is 58.5 Å². The zero-order valence-electron chi connectivity index (χ0n) is 13.2. The van der Waals surface area contributed by atoms with Crippen LogP contribution in [0.25, 0.3) is 0 Å². The minimum absolute atomic E-state index is 0.0486. The average molecular weight is 282 g/mol. The average Bonchev–Trinajstić information content (AvgIpc) is 2.37. The van der Waals surface area contributed by atoms with E-state index in [1.807, 2.05) is 11.8 Å². The van der Waals surface area contributed by atoms with Gasteiger partial charge in [-0.2, -0.15) is 0 Å². The normalized spacial score (nSPS) is 16.1. The number of amides is 1. The molecule has 2 N–H and O–H groups in total. The fourth-order valence-electron chi connectivity index (χ4n) is 2.58. The van der Waals surface area contributed by atoms with E-state index in [0.29, 0.717) is 13.1 Å². The highest BCUT2D eigenvalue weighted by Gasteiger charge is 2.18. The number of nitrogens with one attached hydrogen (secondary N) is 1. The van der Waals surface area contributed by atoms with Gasteiger partial charge in [0.25, 0.3) is 0 Å². The molecule has 0 aliphatic heterocycles. The first-order chi connectivity index (χ1) is 9.40. The summed E-state index contributed by atoms with van der Waals surface area (Å²) in [4.78, 5) is 13.9. The van der Waals surface area contributed by atoms with Crippen LogP contribution in [0.5, 0.6) is 0 Å². The van der Waals surface area contributed by atoms with E-state index in [0.717, 1.165) is 19.5 Å². The van der Waals surface area contributed by atoms with Gasteiger partial charge in [0.05, 0.1) is 12.1 Å². The van der Waals surface area contributed by atoms with Crippen LogP contribution in [0.3, 0.4) is 0 Å². The molecular formula is C16H30N2O2. The lowest BCUT2D eigenvalue weighted by atomic mass is 9.97. The second-order valence-corrected chi connectivity index (χ2v) is 6.32. The number of aliphatic hydroxyl groups is 1. The summed E-state index contributed by atoms with van der Waals surface area (Å²) in [5.41, 5.74) is 0.726. The molecule has 0 atom stereocenters. The number of allylic oxidation sites excluding steroid dienone is 1. The first kappa shape index (κ1) is 17.2. The van der Waals surface area contributed by atoms with E-state index >= 15 is 0 Å². The minimum atomic E-state index is -0.761. The second-order valence-electron chi connectivity index (χ2n) is 6.32. The van der Waals surface area contributed by atoms with Crippen LogP contribution in [-0.2, 0) is 4.79 Å². The van der Waals surface area contributed by atoms with E-state index in [2.05, 4.69) is 11.4 Å². The van der Waals surface area contributed by atoms with Crippen molar-refractivity contribution in [3.8, 4) is 0 Å². The molecule has 0 fully saturated rings. The Balaban J connectivity index is 2.22. The molecule has 0 aromatic heterocycles. The third-order valence-electron chi connectivity index (χ3n) is 3.58. The summed E-state index contributed by atoms with van der Waals surface area (Å²) in [6.07, 6.45) is 8.27. The van der Waals surface area contributed by atoms with E-state index in [1.54, 1.807) is 13.8 Å². The fourth-order valence-corrected chi connectivity index (χ4v) is 2.58. The first-order valence-corrected chi connectivity index (χ1v) is 7.80. The molecule has 0 saturated carbocycles. The maximum Gasteiger partial charge on any atom is 0.234 e. The highest BCUT2D eigenvalue weighted by atomic mass is 16.3. The van der Waals surface area contributed by atoms with Gasteiger partial charge in [-0.1, -0.05) is 18.6 Å². The summed E-state index contributed by atoms with van der Waals surface area (Å²) in [6.45, 7) is 7.91. The van der Waals surface area contributed by atoms with Crippen LogP contribution in [0, 0.1) is 0 Å². The summed E-state index contributed by atoms with van der Waals surface area (Å²) in [7, 11) is 0. The number of rotatable bonds is 8. The maximum absolute atomic E-state index is 11.9. The van der Waals surface area contributed by atoms with Crippen molar-refractivity contribution in [1.82, 2.24) is 10.2 Å². The summed E-state index contributed by atoms with van der Waals surface area (Å²) in [5, 5.41) is 12.8. The highest BCUT2D eigenvalue weighted by Crippen LogP contribution is 2.19. The van der Waals surface area contributed by atoms with Gasteiger partial charge in [-0.15, -0.1) is 0 Å². The van der Waals surface area contributed by atoms with E-state index in [1.165, 1.54) is 31.3 Å². The SMILES string of the molecule is CCN(CC(=O)NCCC1=CCCCC1)CC(C)(C)O. The van der Waals surface area contributed by atoms with Crippen LogP contribution in [0.2, 0.25) is 0 Å². The fraction of sp³-hybridized carbons (Fsp3) is 0.812. The zero-order valence-corrected chi connectivity index (χ0v) is 13.2. The predicted molar refractivity (Wildman–Crippen MR) is 82.6 cm³/mol. The predicted octanol–water partition coefficient (Wildman–Crippen LogP) is 2.09. The summed E-state index contributed by atoms with van der Waals surface area (Å²) < 4.78 is 0. The molecule has 4 heteroatoms. The smallest absolute Gasteiger partial charge is 0.234 e. The third kappa shape index (κ3) is 7.65. The zero-order chi connectivity index (χ0) is 15.0. The van der Waals surface area contributed by atoms with E-state index in [9.17, 15) is 9.90 Å². The van der Waals surface area contributed by atoms with Gasteiger partial charge in [-0.3, -0.25) is 9.69 Å². The van der Waals surface area contributed by atoms with Crippen LogP contribution >= 0.6 is 0 Å². The van der Waals surface area contributed by atoms with Crippen molar-refractivity contribution in [3.63, 3.8) is 0 Å². The number of likely N-dealkylation sites (N-methyl/N-ethyl adjacent to an activating group) is 1. The summed E-state index contributed by atoms with van der Waals surface area (Å²) in [5.74, 6) is 0.0486. The monoisotopic (exact) mass is 282 g/mol. The standard InChI is InChI=1S/C16H30N2O2/c1-4-18(13-16(2,3)20)12-15(19)17-11-10-14-8-6-5-7-9-14/h8,20H,4-7,9-13H2,1-3H3,(H,17,19). The molecule has 20 heavy (non-hydrogen) atoms. The Morgan fingerprint density at radius 1 is 1.45 bits per heavy atom. The molecule has 116 valence electrons. The Hall–Kier alpha value is -0.870. The van der Waals surface area contributed by atoms with Gasteiger partial charge < -0.3 is 10.4 Å². The molecule has 1 aliphatic rings. The lowest BCUT2D eigenvalue weighted by Gasteiger charge is -2.27. The molecule has 0 radical (unpaired) electrons. The third-order valence-corrected chi connectivity index (χ3v) is 3.58. The topological polar surface area (TPSA) is 52.6 Å². The van der Waals surface area contributed by atoms with Gasteiger partial charge in [0.2, 0.25) is 5.91 Å². The number of nitrogens with zero attached hydrogens (tertiary/aromatic N) is 1. The first-order valence-electron chi connectivity index (χ1n) is 7.80. The van der Waals surface area contributed by atoms with Crippen LogP contribution in [0.15, 0.2) is 11.6 Å². The van der Waals surface area contributed by atoms with E-state index in [-0.39, 0.29) is 5.91 Å². The van der Waals surface area contributed by atoms with Crippen molar-refractivity contribution < 1.29 is 9.90 Å². The molecular weight excluding hydrogens is 252 g/mol. The molecule has 0 saturated heterocycles. The summed E-state index contributed by atoms with van der Waals surface area (Å²) in [6, 6.07) is 0. The van der Waals surface area contributed by atoms with Crippen LogP contribution in [-0.4, -0.2) is 47.7 Å². The molecule has 1 aliphatic carbocycles. The van der Waals surface area contributed by atoms with Crippen molar-refractivity contribution in [1.29, 1.82) is 0 Å². The van der Waals surface area contributed by atoms with E-state index < -0.39 is 5.60 Å². The van der Waals surface area contributed by atoms with Crippen LogP contribution in [0.1, 0.15) is 52.9 Å². The Kier molecular flexibility index (Phi) is 7.24. The molecule has 0 heterocycles. The Morgan fingerprint density at radius 3 is 2.75 bits per heavy atom. The largest absolute Gasteiger partial charge is 0.389 e. The van der Waals surface area contributed by atoms with Crippen molar-refractivity contribution in [2.24, 2.45) is 0 Å². The Morgan fingerprint density at radius 2 is 2.20 bits per heavy atom. The van der Waals surface area contributed by atoms with Gasteiger partial charge in [0, 0.05) is 13.1 Å². The van der Waals surface area contributed by atoms with Gasteiger partial charge in [-0.05, 0) is 52.5 Å². The highest BCUT2D eigenvalue weighted by molar-refractivity contribution is 5.78. The minimum Gasteiger partial charge on any atom is -0.389 e. The van der Waals surface area contributed by atoms with Gasteiger partial charge in [0.1, 0.15) is 0 Å². The quantitative estimate of drug-likeness (QED) is 0.670. The second kappa shape index (κ2) is 8.42. The Bertz CT molecular complexity index is 332. The van der Waals surface area contributed by atoms with Crippen LogP contribution < -0.4 is 5.32 Å². The number of hydrogen-bond donors (Lipinski definition) is 2. The molecule has 0 unspecified atom stereocenters.